The molecule has 0 amide bonds. The maximum Gasteiger partial charge on any atom is 0.0843 e. The van der Waals surface area contributed by atoms with Crippen LogP contribution < -0.4 is 5.73 Å². The summed E-state index contributed by atoms with van der Waals surface area (Å²) in [5.74, 6) is 0. The Labute approximate surface area is 98.8 Å². The second-order valence-corrected chi connectivity index (χ2v) is 4.49. The molecule has 1 aromatic rings. The van der Waals surface area contributed by atoms with Gasteiger partial charge in [0, 0.05) is 6.61 Å². The lowest BCUT2D eigenvalue weighted by Gasteiger charge is -2.34. The van der Waals surface area contributed by atoms with Gasteiger partial charge in [0.05, 0.1) is 11.6 Å². The molecule has 0 fully saturated rings. The van der Waals surface area contributed by atoms with Crippen LogP contribution in [0, 0.1) is 6.92 Å². The highest BCUT2D eigenvalue weighted by atomic mass is 16.5. The maximum atomic E-state index is 6.30. The number of hydrogen-bond donors (Lipinski definition) is 1. The minimum absolute atomic E-state index is 0.0713. The van der Waals surface area contributed by atoms with Gasteiger partial charge in [-0.1, -0.05) is 36.8 Å². The Balaban J connectivity index is 2.90. The predicted octanol–water partition coefficient (Wildman–Crippen LogP) is 3.20. The van der Waals surface area contributed by atoms with Crippen molar-refractivity contribution >= 4 is 0 Å². The first-order chi connectivity index (χ1) is 7.53. The molecular formula is C14H23NO. The van der Waals surface area contributed by atoms with Crippen LogP contribution >= 0.6 is 0 Å². The average Bonchev–Trinajstić information content (AvgIpc) is 2.29. The molecule has 1 rings (SSSR count). The van der Waals surface area contributed by atoms with Crippen LogP contribution in [-0.2, 0) is 4.74 Å². The first-order valence-electron chi connectivity index (χ1n) is 5.99. The molecule has 0 aliphatic rings. The van der Waals surface area contributed by atoms with Crippen LogP contribution in [-0.4, -0.2) is 12.2 Å². The van der Waals surface area contributed by atoms with Crippen molar-refractivity contribution in [2.45, 2.75) is 45.8 Å². The largest absolute Gasteiger partial charge is 0.374 e. The van der Waals surface area contributed by atoms with Gasteiger partial charge in [0.25, 0.3) is 0 Å². The fourth-order valence-electron chi connectivity index (χ4n) is 1.87. The second-order valence-electron chi connectivity index (χ2n) is 4.49. The van der Waals surface area contributed by atoms with Crippen molar-refractivity contribution in [2.24, 2.45) is 5.73 Å². The lowest BCUT2D eigenvalue weighted by molar-refractivity contribution is -0.0472. The smallest absolute Gasteiger partial charge is 0.0843 e. The lowest BCUT2D eigenvalue weighted by Crippen LogP contribution is -2.40. The SMILES string of the molecule is CCOC(C)(CC)C(N)c1ccc(C)cc1. The van der Waals surface area contributed by atoms with Gasteiger partial charge in [-0.25, -0.2) is 0 Å². The van der Waals surface area contributed by atoms with E-state index in [-0.39, 0.29) is 11.6 Å². The van der Waals surface area contributed by atoms with Crippen molar-refractivity contribution in [2.75, 3.05) is 6.61 Å². The van der Waals surface area contributed by atoms with E-state index < -0.39 is 0 Å². The predicted molar refractivity (Wildman–Crippen MR) is 68.4 cm³/mol. The van der Waals surface area contributed by atoms with Gasteiger partial charge in [0.1, 0.15) is 0 Å². The summed E-state index contributed by atoms with van der Waals surface area (Å²) in [5, 5.41) is 0. The highest BCUT2D eigenvalue weighted by Gasteiger charge is 2.31. The van der Waals surface area contributed by atoms with E-state index in [1.165, 1.54) is 5.56 Å². The van der Waals surface area contributed by atoms with Crippen LogP contribution in [0.5, 0.6) is 0 Å². The molecule has 0 saturated heterocycles. The summed E-state index contributed by atoms with van der Waals surface area (Å²) >= 11 is 0. The van der Waals surface area contributed by atoms with Crippen molar-refractivity contribution in [1.82, 2.24) is 0 Å². The summed E-state index contributed by atoms with van der Waals surface area (Å²) in [6.07, 6.45) is 0.913. The Kier molecular flexibility index (Phi) is 4.51. The Bertz CT molecular complexity index is 320. The zero-order valence-electron chi connectivity index (χ0n) is 10.8. The van der Waals surface area contributed by atoms with Gasteiger partial charge in [-0.05, 0) is 32.8 Å². The van der Waals surface area contributed by atoms with Crippen molar-refractivity contribution in [1.29, 1.82) is 0 Å². The van der Waals surface area contributed by atoms with Crippen LogP contribution in [0.3, 0.4) is 0 Å². The van der Waals surface area contributed by atoms with Gasteiger partial charge >= 0.3 is 0 Å². The molecule has 2 heteroatoms. The Morgan fingerprint density at radius 1 is 1.25 bits per heavy atom. The Morgan fingerprint density at radius 2 is 1.81 bits per heavy atom. The van der Waals surface area contributed by atoms with E-state index in [4.69, 9.17) is 10.5 Å². The van der Waals surface area contributed by atoms with Gasteiger partial charge in [0.2, 0.25) is 0 Å². The Morgan fingerprint density at radius 3 is 2.25 bits per heavy atom. The van der Waals surface area contributed by atoms with E-state index in [0.717, 1.165) is 12.0 Å². The summed E-state index contributed by atoms with van der Waals surface area (Å²) in [7, 11) is 0. The first kappa shape index (κ1) is 13.2. The molecule has 0 aliphatic heterocycles. The van der Waals surface area contributed by atoms with Crippen molar-refractivity contribution < 1.29 is 4.74 Å². The van der Waals surface area contributed by atoms with Crippen LogP contribution in [0.2, 0.25) is 0 Å². The van der Waals surface area contributed by atoms with Gasteiger partial charge in [-0.3, -0.25) is 0 Å². The molecule has 0 aromatic heterocycles. The summed E-state index contributed by atoms with van der Waals surface area (Å²) in [6, 6.07) is 8.30. The molecule has 90 valence electrons. The average molecular weight is 221 g/mol. The molecule has 2 atom stereocenters. The number of rotatable bonds is 5. The normalized spacial score (nSPS) is 16.8. The molecule has 0 saturated carbocycles. The summed E-state index contributed by atoms with van der Waals surface area (Å²) in [5.41, 5.74) is 8.42. The molecular weight excluding hydrogens is 198 g/mol. The lowest BCUT2D eigenvalue weighted by atomic mass is 9.88. The van der Waals surface area contributed by atoms with E-state index in [9.17, 15) is 0 Å². The van der Waals surface area contributed by atoms with E-state index >= 15 is 0 Å². The van der Waals surface area contributed by atoms with E-state index in [0.29, 0.717) is 6.61 Å². The molecule has 0 bridgehead atoms. The Hall–Kier alpha value is -0.860. The summed E-state index contributed by atoms with van der Waals surface area (Å²) in [4.78, 5) is 0. The fraction of sp³-hybridized carbons (Fsp3) is 0.571. The summed E-state index contributed by atoms with van der Waals surface area (Å²) < 4.78 is 5.80. The molecule has 0 heterocycles. The maximum absolute atomic E-state index is 6.30. The standard InChI is InChI=1S/C14H23NO/c1-5-14(4,16-6-2)13(15)12-9-7-11(3)8-10-12/h7-10,13H,5-6,15H2,1-4H3. The van der Waals surface area contributed by atoms with Gasteiger partial charge in [0.15, 0.2) is 0 Å². The molecule has 1 aromatic carbocycles. The molecule has 0 spiro atoms. The van der Waals surface area contributed by atoms with Crippen molar-refractivity contribution in [3.05, 3.63) is 35.4 Å². The molecule has 2 nitrogen and oxygen atoms in total. The third-order valence-corrected chi connectivity index (χ3v) is 3.27. The zero-order valence-corrected chi connectivity index (χ0v) is 10.8. The highest BCUT2D eigenvalue weighted by Crippen LogP contribution is 2.30. The summed E-state index contributed by atoms with van der Waals surface area (Å²) in [6.45, 7) is 8.99. The number of nitrogens with two attached hydrogens (primary N) is 1. The van der Waals surface area contributed by atoms with Crippen LogP contribution in [0.1, 0.15) is 44.4 Å². The van der Waals surface area contributed by atoms with Gasteiger partial charge in [-0.2, -0.15) is 0 Å². The molecule has 0 aliphatic carbocycles. The molecule has 16 heavy (non-hydrogen) atoms. The zero-order chi connectivity index (χ0) is 12.2. The minimum Gasteiger partial charge on any atom is -0.374 e. The van der Waals surface area contributed by atoms with Crippen LogP contribution in [0.4, 0.5) is 0 Å². The van der Waals surface area contributed by atoms with E-state index in [1.807, 2.05) is 6.92 Å². The number of benzene rings is 1. The topological polar surface area (TPSA) is 35.2 Å². The first-order valence-corrected chi connectivity index (χ1v) is 5.99. The van der Waals surface area contributed by atoms with Crippen molar-refractivity contribution in [3.8, 4) is 0 Å². The van der Waals surface area contributed by atoms with Gasteiger partial charge < -0.3 is 10.5 Å². The second kappa shape index (κ2) is 5.46. The number of ether oxygens (including phenoxy) is 1. The number of aryl methyl sites for hydroxylation is 1. The third kappa shape index (κ3) is 2.83. The number of hydrogen-bond acceptors (Lipinski definition) is 2. The van der Waals surface area contributed by atoms with Gasteiger partial charge in [-0.15, -0.1) is 0 Å². The third-order valence-electron chi connectivity index (χ3n) is 3.27. The van der Waals surface area contributed by atoms with Crippen LogP contribution in [0.25, 0.3) is 0 Å². The molecule has 2 N–H and O–H groups in total. The quantitative estimate of drug-likeness (QED) is 0.828. The minimum atomic E-state index is -0.274. The van der Waals surface area contributed by atoms with E-state index in [1.54, 1.807) is 0 Å². The van der Waals surface area contributed by atoms with Crippen molar-refractivity contribution in [3.63, 3.8) is 0 Å². The molecule has 2 unspecified atom stereocenters. The monoisotopic (exact) mass is 221 g/mol. The fourth-order valence-corrected chi connectivity index (χ4v) is 1.87. The van der Waals surface area contributed by atoms with Crippen LogP contribution in [0.15, 0.2) is 24.3 Å². The van der Waals surface area contributed by atoms with E-state index in [2.05, 4.69) is 45.0 Å². The highest BCUT2D eigenvalue weighted by molar-refractivity contribution is 5.25. The molecule has 0 radical (unpaired) electrons.